The van der Waals surface area contributed by atoms with Gasteiger partial charge in [-0.05, 0) is 49.9 Å². The van der Waals surface area contributed by atoms with Crippen molar-refractivity contribution < 1.29 is 14.3 Å². The number of halogens is 2. The van der Waals surface area contributed by atoms with E-state index in [4.69, 9.17) is 11.6 Å². The zero-order valence-electron chi connectivity index (χ0n) is 19.2. The summed E-state index contributed by atoms with van der Waals surface area (Å²) in [5.41, 5.74) is 2.33. The number of hydrogen-bond donors (Lipinski definition) is 2. The van der Waals surface area contributed by atoms with Gasteiger partial charge in [-0.15, -0.1) is 0 Å². The van der Waals surface area contributed by atoms with Crippen molar-refractivity contribution in [2.24, 2.45) is 0 Å². The molecule has 2 aliphatic rings. The van der Waals surface area contributed by atoms with Crippen LogP contribution in [0.2, 0.25) is 5.02 Å². The minimum atomic E-state index is -0.564. The van der Waals surface area contributed by atoms with Crippen molar-refractivity contribution >= 4 is 23.7 Å². The Labute approximate surface area is 199 Å². The van der Waals surface area contributed by atoms with Crippen molar-refractivity contribution in [3.8, 4) is 0 Å². The Hall–Kier alpha value is -2.13. The molecule has 1 saturated heterocycles. The van der Waals surface area contributed by atoms with Gasteiger partial charge >= 0.3 is 0 Å². The van der Waals surface area contributed by atoms with Gasteiger partial charge in [-0.2, -0.15) is 0 Å². The normalized spacial score (nSPS) is 22.9. The first-order chi connectivity index (χ1) is 15.8. The van der Waals surface area contributed by atoms with Gasteiger partial charge in [0.05, 0.1) is 23.9 Å². The molecule has 2 heterocycles. The number of fused-ring (bicyclic) bond motifs is 1. The molecule has 0 radical (unpaired) electrons. The fraction of sp³-hybridized carbons (Fsp3) is 0.542. The summed E-state index contributed by atoms with van der Waals surface area (Å²) < 4.78 is 14.0. The molecule has 4 atom stereocenters. The second-order valence-electron chi connectivity index (χ2n) is 9.30. The number of anilines is 1. The van der Waals surface area contributed by atoms with Gasteiger partial charge in [-0.1, -0.05) is 18.5 Å². The van der Waals surface area contributed by atoms with Crippen molar-refractivity contribution in [3.05, 3.63) is 52.2 Å². The fourth-order valence-corrected chi connectivity index (χ4v) is 5.28. The van der Waals surface area contributed by atoms with Crippen LogP contribution < -0.4 is 10.2 Å². The van der Waals surface area contributed by atoms with Crippen molar-refractivity contribution in [2.75, 3.05) is 31.1 Å². The van der Waals surface area contributed by atoms with Crippen LogP contribution in [0.5, 0.6) is 0 Å². The second-order valence-corrected chi connectivity index (χ2v) is 9.74. The van der Waals surface area contributed by atoms with Crippen LogP contribution in [0.4, 0.5) is 10.2 Å². The molecule has 0 bridgehead atoms. The van der Waals surface area contributed by atoms with Gasteiger partial charge in [0.2, 0.25) is 0 Å². The third-order valence-corrected chi connectivity index (χ3v) is 6.76. The van der Waals surface area contributed by atoms with Gasteiger partial charge in [-0.25, -0.2) is 14.4 Å². The van der Waals surface area contributed by atoms with Crippen molar-refractivity contribution in [1.29, 1.82) is 0 Å². The molecule has 33 heavy (non-hydrogen) atoms. The maximum atomic E-state index is 14.0. The summed E-state index contributed by atoms with van der Waals surface area (Å²) >= 11 is 6.08. The lowest BCUT2D eigenvalue weighted by Crippen LogP contribution is -2.58. The average Bonchev–Trinajstić information content (AvgIpc) is 3.06. The van der Waals surface area contributed by atoms with E-state index in [1.165, 1.54) is 18.5 Å². The maximum Gasteiger partial charge on any atom is 0.135 e. The first-order valence-electron chi connectivity index (χ1n) is 11.5. The summed E-state index contributed by atoms with van der Waals surface area (Å²) in [6, 6.07) is 4.42. The molecule has 0 amide bonds. The summed E-state index contributed by atoms with van der Waals surface area (Å²) in [4.78, 5) is 25.5. The Kier molecular flexibility index (Phi) is 7.28. The first-order valence-corrected chi connectivity index (χ1v) is 11.9. The highest BCUT2D eigenvalue weighted by Gasteiger charge is 2.36. The van der Waals surface area contributed by atoms with Crippen LogP contribution in [-0.2, 0) is 4.79 Å². The Bertz CT molecular complexity index is 979. The largest absolute Gasteiger partial charge is 0.387 e. The zero-order valence-corrected chi connectivity index (χ0v) is 20.0. The minimum Gasteiger partial charge on any atom is -0.387 e. The van der Waals surface area contributed by atoms with Gasteiger partial charge < -0.3 is 14.8 Å². The van der Waals surface area contributed by atoms with E-state index in [2.05, 4.69) is 32.0 Å². The van der Waals surface area contributed by atoms with Gasteiger partial charge in [0, 0.05) is 42.8 Å². The molecule has 1 aromatic heterocycles. The molecular formula is C24H31ClFN5O2. The number of aliphatic hydroxyl groups is 1. The third-order valence-electron chi connectivity index (χ3n) is 6.55. The Morgan fingerprint density at radius 3 is 2.58 bits per heavy atom. The van der Waals surface area contributed by atoms with E-state index in [1.54, 1.807) is 6.07 Å². The molecule has 2 N–H and O–H groups in total. The first kappa shape index (κ1) is 24.0. The number of piperazine rings is 1. The van der Waals surface area contributed by atoms with E-state index in [9.17, 15) is 14.3 Å². The molecule has 7 nitrogen and oxygen atoms in total. The molecule has 2 aromatic rings. The summed E-state index contributed by atoms with van der Waals surface area (Å²) in [5.74, 6) is 0.0784. The van der Waals surface area contributed by atoms with Crippen molar-refractivity contribution in [2.45, 2.75) is 57.3 Å². The number of aldehydes is 1. The number of rotatable bonds is 7. The number of aromatic nitrogens is 2. The molecule has 1 aliphatic carbocycles. The van der Waals surface area contributed by atoms with Crippen LogP contribution in [0.15, 0.2) is 24.5 Å². The van der Waals surface area contributed by atoms with Gasteiger partial charge in [0.1, 0.15) is 24.2 Å². The van der Waals surface area contributed by atoms with E-state index in [0.717, 1.165) is 36.5 Å². The Morgan fingerprint density at radius 1 is 1.21 bits per heavy atom. The number of carbonyl (C=O) groups is 1. The lowest BCUT2D eigenvalue weighted by Gasteiger charge is -2.43. The standard InChI is InChI=1S/C24H31ClFN5O2/c1-14(2)29-23(19(12-32)16-9-17(25)11-18(26)10-16)30-4-6-31(7-5-30)24-21-15(3)8-20(33)22(21)27-13-28-24/h9-15,19-20,23,29,33H,4-8H2,1-3H3/t15-,19?,20-,23?/m1/s1. The molecule has 1 aliphatic heterocycles. The monoisotopic (exact) mass is 475 g/mol. The minimum absolute atomic E-state index is 0.131. The van der Waals surface area contributed by atoms with Gasteiger partial charge in [-0.3, -0.25) is 10.2 Å². The smallest absolute Gasteiger partial charge is 0.135 e. The highest BCUT2D eigenvalue weighted by atomic mass is 35.5. The van der Waals surface area contributed by atoms with Gasteiger partial charge in [0.25, 0.3) is 0 Å². The molecule has 9 heteroatoms. The SMILES string of the molecule is CC(C)NC(C(C=O)c1cc(F)cc(Cl)c1)N1CCN(c2ncnc3c2[C@H](C)C[C@H]3O)CC1. The van der Waals surface area contributed by atoms with E-state index in [0.29, 0.717) is 25.1 Å². The maximum absolute atomic E-state index is 14.0. The number of carbonyl (C=O) groups excluding carboxylic acids is 1. The molecule has 1 fully saturated rings. The summed E-state index contributed by atoms with van der Waals surface area (Å²) in [5, 5.41) is 14.1. The van der Waals surface area contributed by atoms with Crippen LogP contribution in [0.3, 0.4) is 0 Å². The highest BCUT2D eigenvalue weighted by Crippen LogP contribution is 2.42. The number of nitrogens with zero attached hydrogens (tertiary/aromatic N) is 4. The predicted molar refractivity (Wildman–Crippen MR) is 126 cm³/mol. The van der Waals surface area contributed by atoms with E-state index < -0.39 is 17.8 Å². The lowest BCUT2D eigenvalue weighted by atomic mass is 9.95. The average molecular weight is 476 g/mol. The van der Waals surface area contributed by atoms with Crippen LogP contribution in [0.25, 0.3) is 0 Å². The summed E-state index contributed by atoms with van der Waals surface area (Å²) in [6.07, 6.45) is 2.24. The van der Waals surface area contributed by atoms with Crippen LogP contribution in [-0.4, -0.2) is 64.6 Å². The number of benzene rings is 1. The molecular weight excluding hydrogens is 445 g/mol. The fourth-order valence-electron chi connectivity index (χ4n) is 5.05. The zero-order chi connectivity index (χ0) is 23.7. The predicted octanol–water partition coefficient (Wildman–Crippen LogP) is 3.24. The quantitative estimate of drug-likeness (QED) is 0.595. The third kappa shape index (κ3) is 5.04. The van der Waals surface area contributed by atoms with Gasteiger partial charge in [0.15, 0.2) is 0 Å². The summed E-state index contributed by atoms with van der Waals surface area (Å²) in [6.45, 7) is 9.00. The molecule has 178 valence electrons. The molecule has 4 rings (SSSR count). The van der Waals surface area contributed by atoms with Crippen LogP contribution in [0, 0.1) is 5.82 Å². The van der Waals surface area contributed by atoms with E-state index >= 15 is 0 Å². The van der Waals surface area contributed by atoms with Crippen LogP contribution >= 0.6 is 11.6 Å². The second kappa shape index (κ2) is 10.0. The Balaban J connectivity index is 1.55. The molecule has 0 saturated carbocycles. The van der Waals surface area contributed by atoms with Crippen molar-refractivity contribution in [1.82, 2.24) is 20.2 Å². The topological polar surface area (TPSA) is 81.6 Å². The van der Waals surface area contributed by atoms with E-state index in [-0.39, 0.29) is 23.1 Å². The number of nitrogens with one attached hydrogen (secondary N) is 1. The van der Waals surface area contributed by atoms with Crippen LogP contribution in [0.1, 0.15) is 62.0 Å². The molecule has 1 aromatic carbocycles. The highest BCUT2D eigenvalue weighted by molar-refractivity contribution is 6.30. The number of aliphatic hydroxyl groups excluding tert-OH is 1. The lowest BCUT2D eigenvalue weighted by molar-refractivity contribution is -0.111. The van der Waals surface area contributed by atoms with E-state index in [1.807, 2.05) is 13.8 Å². The Morgan fingerprint density at radius 2 is 1.94 bits per heavy atom. The number of hydrogen-bond acceptors (Lipinski definition) is 7. The molecule has 0 spiro atoms. The molecule has 2 unspecified atom stereocenters. The van der Waals surface area contributed by atoms with Crippen molar-refractivity contribution in [3.63, 3.8) is 0 Å². The summed E-state index contributed by atoms with van der Waals surface area (Å²) in [7, 11) is 0.